The fourth-order valence-electron chi connectivity index (χ4n) is 0.800. The van der Waals surface area contributed by atoms with Crippen LogP contribution >= 0.6 is 0 Å². The van der Waals surface area contributed by atoms with Crippen molar-refractivity contribution in [3.05, 3.63) is 30.1 Å². The van der Waals surface area contributed by atoms with Gasteiger partial charge in [-0.05, 0) is 6.07 Å². The van der Waals surface area contributed by atoms with Crippen molar-refractivity contribution in [2.75, 3.05) is 19.1 Å². The second-order valence-corrected chi connectivity index (χ2v) is 2.48. The Morgan fingerprint density at radius 2 is 2.27 bits per heavy atom. The highest BCUT2D eigenvalue weighted by molar-refractivity contribution is 5.73. The van der Waals surface area contributed by atoms with E-state index in [1.165, 1.54) is 0 Å². The van der Waals surface area contributed by atoms with E-state index >= 15 is 0 Å². The molecule has 1 aromatic heterocycles. The first-order chi connectivity index (χ1) is 5.24. The second kappa shape index (κ2) is 3.14. The first-order valence-corrected chi connectivity index (χ1v) is 3.38. The standard InChI is InChI=1S/C8H11N2O/c1-9(2)10-5-3-4-8(6-10)7-11/h3-7H,1-2H3/q+1. The Kier molecular flexibility index (Phi) is 2.21. The molecular weight excluding hydrogens is 140 g/mol. The highest BCUT2D eigenvalue weighted by Crippen LogP contribution is 1.87. The third kappa shape index (κ3) is 1.77. The van der Waals surface area contributed by atoms with Crippen molar-refractivity contribution in [1.29, 1.82) is 0 Å². The molecule has 1 heterocycles. The van der Waals surface area contributed by atoms with Gasteiger partial charge in [-0.1, -0.05) is 4.68 Å². The van der Waals surface area contributed by atoms with Gasteiger partial charge in [0.25, 0.3) is 0 Å². The minimum absolute atomic E-state index is 0.682. The summed E-state index contributed by atoms with van der Waals surface area (Å²) in [5.74, 6) is 0. The predicted molar refractivity (Wildman–Crippen MR) is 42.1 cm³/mol. The molecule has 3 nitrogen and oxygen atoms in total. The van der Waals surface area contributed by atoms with Crippen molar-refractivity contribution in [3.8, 4) is 0 Å². The van der Waals surface area contributed by atoms with Gasteiger partial charge in [-0.2, -0.15) is 5.01 Å². The minimum Gasteiger partial charge on any atom is -0.298 e. The molecule has 1 rings (SSSR count). The van der Waals surface area contributed by atoms with E-state index in [1.54, 1.807) is 12.3 Å². The lowest BCUT2D eigenvalue weighted by Gasteiger charge is -2.03. The van der Waals surface area contributed by atoms with E-state index in [9.17, 15) is 4.79 Å². The number of carbonyl (C=O) groups excluding carboxylic acids is 1. The predicted octanol–water partition coefficient (Wildman–Crippen LogP) is -0.0158. The monoisotopic (exact) mass is 151 g/mol. The number of hydrogen-bond donors (Lipinski definition) is 0. The van der Waals surface area contributed by atoms with Crippen LogP contribution in [0, 0.1) is 0 Å². The zero-order valence-electron chi connectivity index (χ0n) is 6.69. The highest BCUT2D eigenvalue weighted by atomic mass is 16.1. The average Bonchev–Trinajstić information content (AvgIpc) is 2.05. The van der Waals surface area contributed by atoms with Crippen molar-refractivity contribution in [2.45, 2.75) is 0 Å². The molecule has 0 aliphatic carbocycles. The normalized spacial score (nSPS) is 9.27. The summed E-state index contributed by atoms with van der Waals surface area (Å²) < 4.78 is 1.84. The molecule has 0 saturated heterocycles. The Bertz CT molecular complexity index is 258. The van der Waals surface area contributed by atoms with Crippen LogP contribution in [-0.4, -0.2) is 20.4 Å². The Labute approximate surface area is 65.8 Å². The van der Waals surface area contributed by atoms with E-state index in [-0.39, 0.29) is 0 Å². The first-order valence-electron chi connectivity index (χ1n) is 3.38. The number of nitrogens with zero attached hydrogens (tertiary/aromatic N) is 2. The van der Waals surface area contributed by atoms with Gasteiger partial charge in [-0.15, -0.1) is 0 Å². The van der Waals surface area contributed by atoms with Crippen LogP contribution in [0.3, 0.4) is 0 Å². The van der Waals surface area contributed by atoms with Crippen LogP contribution in [0.1, 0.15) is 10.4 Å². The Morgan fingerprint density at radius 1 is 1.55 bits per heavy atom. The van der Waals surface area contributed by atoms with E-state index in [0.29, 0.717) is 5.56 Å². The van der Waals surface area contributed by atoms with E-state index in [2.05, 4.69) is 0 Å². The number of rotatable bonds is 2. The number of carbonyl (C=O) groups is 1. The van der Waals surface area contributed by atoms with Crippen LogP contribution in [0.4, 0.5) is 0 Å². The second-order valence-electron chi connectivity index (χ2n) is 2.48. The van der Waals surface area contributed by atoms with Gasteiger partial charge < -0.3 is 0 Å². The summed E-state index contributed by atoms with van der Waals surface area (Å²) in [6.45, 7) is 0. The lowest BCUT2D eigenvalue weighted by molar-refractivity contribution is -0.687. The maximum Gasteiger partial charge on any atom is 0.210 e. The maximum atomic E-state index is 10.3. The maximum absolute atomic E-state index is 10.3. The van der Waals surface area contributed by atoms with E-state index in [1.807, 2.05) is 36.0 Å². The van der Waals surface area contributed by atoms with Crippen molar-refractivity contribution in [3.63, 3.8) is 0 Å². The Balaban J connectivity index is 3.00. The van der Waals surface area contributed by atoms with E-state index in [4.69, 9.17) is 0 Å². The topological polar surface area (TPSA) is 24.2 Å². The summed E-state index contributed by atoms with van der Waals surface area (Å²) >= 11 is 0. The fraction of sp³-hybridized carbons (Fsp3) is 0.250. The molecule has 1 aromatic rings. The average molecular weight is 151 g/mol. The molecule has 3 heteroatoms. The highest BCUT2D eigenvalue weighted by Gasteiger charge is 2.01. The molecule has 0 aliphatic rings. The molecule has 0 saturated carbocycles. The third-order valence-electron chi connectivity index (χ3n) is 1.41. The molecule has 0 N–H and O–H groups in total. The molecule has 11 heavy (non-hydrogen) atoms. The third-order valence-corrected chi connectivity index (χ3v) is 1.41. The molecule has 0 spiro atoms. The van der Waals surface area contributed by atoms with Crippen LogP contribution < -0.4 is 9.69 Å². The zero-order valence-corrected chi connectivity index (χ0v) is 6.69. The van der Waals surface area contributed by atoms with Crippen LogP contribution in [0.2, 0.25) is 0 Å². The first kappa shape index (κ1) is 7.72. The summed E-state index contributed by atoms with van der Waals surface area (Å²) in [5, 5.41) is 1.88. The Morgan fingerprint density at radius 3 is 2.82 bits per heavy atom. The summed E-state index contributed by atoms with van der Waals surface area (Å²) in [6, 6.07) is 3.61. The van der Waals surface area contributed by atoms with E-state index in [0.717, 1.165) is 6.29 Å². The quantitative estimate of drug-likeness (QED) is 0.438. The van der Waals surface area contributed by atoms with Crippen LogP contribution in [-0.2, 0) is 0 Å². The van der Waals surface area contributed by atoms with Crippen LogP contribution in [0.15, 0.2) is 24.5 Å². The molecule has 0 aromatic carbocycles. The van der Waals surface area contributed by atoms with Crippen LogP contribution in [0.25, 0.3) is 0 Å². The van der Waals surface area contributed by atoms with E-state index < -0.39 is 0 Å². The van der Waals surface area contributed by atoms with Gasteiger partial charge in [0.05, 0.1) is 19.7 Å². The molecule has 0 bridgehead atoms. The van der Waals surface area contributed by atoms with Gasteiger partial charge in [0.15, 0.2) is 12.5 Å². The summed E-state index contributed by atoms with van der Waals surface area (Å²) in [7, 11) is 3.82. The molecule has 0 unspecified atom stereocenters. The number of hydrogen-bond acceptors (Lipinski definition) is 2. The van der Waals surface area contributed by atoms with Gasteiger partial charge >= 0.3 is 0 Å². The molecule has 0 aliphatic heterocycles. The van der Waals surface area contributed by atoms with Gasteiger partial charge in [0.1, 0.15) is 0 Å². The number of pyridine rings is 1. The lowest BCUT2D eigenvalue weighted by atomic mass is 10.3. The SMILES string of the molecule is CN(C)[n+]1cccc(C=O)c1. The van der Waals surface area contributed by atoms with Gasteiger partial charge in [-0.25, -0.2) is 0 Å². The van der Waals surface area contributed by atoms with Crippen molar-refractivity contribution in [2.24, 2.45) is 0 Å². The molecule has 58 valence electrons. The van der Waals surface area contributed by atoms with Crippen molar-refractivity contribution < 1.29 is 9.47 Å². The molecular formula is C8H11N2O+. The van der Waals surface area contributed by atoms with Gasteiger partial charge in [0.2, 0.25) is 6.20 Å². The zero-order chi connectivity index (χ0) is 8.27. The molecule has 0 radical (unpaired) electrons. The molecule has 0 atom stereocenters. The van der Waals surface area contributed by atoms with Crippen molar-refractivity contribution in [1.82, 2.24) is 0 Å². The lowest BCUT2D eigenvalue weighted by Crippen LogP contribution is -2.52. The molecule has 0 fully saturated rings. The smallest absolute Gasteiger partial charge is 0.210 e. The number of aldehydes is 1. The summed E-state index contributed by atoms with van der Waals surface area (Å²) in [4.78, 5) is 10.3. The molecule has 0 amide bonds. The van der Waals surface area contributed by atoms with Crippen molar-refractivity contribution >= 4 is 6.29 Å². The largest absolute Gasteiger partial charge is 0.298 e. The number of aromatic nitrogens is 1. The fourth-order valence-corrected chi connectivity index (χ4v) is 0.800. The van der Waals surface area contributed by atoms with Crippen LogP contribution in [0.5, 0.6) is 0 Å². The summed E-state index contributed by atoms with van der Waals surface area (Å²) in [6.07, 6.45) is 4.49. The van der Waals surface area contributed by atoms with Gasteiger partial charge in [-0.3, -0.25) is 4.79 Å². The van der Waals surface area contributed by atoms with Gasteiger partial charge in [0, 0.05) is 6.07 Å². The minimum atomic E-state index is 0.682. The summed E-state index contributed by atoms with van der Waals surface area (Å²) in [5.41, 5.74) is 0.682. The Hall–Kier alpha value is -1.38.